The normalized spacial score (nSPS) is 18.9. The van der Waals surface area contributed by atoms with E-state index in [0.29, 0.717) is 22.1 Å². The van der Waals surface area contributed by atoms with E-state index in [0.717, 1.165) is 5.56 Å². The summed E-state index contributed by atoms with van der Waals surface area (Å²) in [4.78, 5) is 43.8. The molecule has 0 unspecified atom stereocenters. The predicted molar refractivity (Wildman–Crippen MR) is 133 cm³/mol. The molecule has 0 bridgehead atoms. The van der Waals surface area contributed by atoms with Crippen LogP contribution < -0.4 is 15.5 Å². The molecule has 1 atom stereocenters. The second-order valence-corrected chi connectivity index (χ2v) is 8.62. The summed E-state index contributed by atoms with van der Waals surface area (Å²) in [5.74, 6) is -1.19. The summed E-state index contributed by atoms with van der Waals surface area (Å²) in [7, 11) is 0. The van der Waals surface area contributed by atoms with Crippen LogP contribution in [0.1, 0.15) is 19.4 Å². The average molecular weight is 495 g/mol. The highest BCUT2D eigenvalue weighted by Gasteiger charge is 2.34. The van der Waals surface area contributed by atoms with E-state index in [4.69, 9.17) is 4.74 Å². The van der Waals surface area contributed by atoms with Crippen molar-refractivity contribution in [1.29, 1.82) is 0 Å². The Morgan fingerprint density at radius 1 is 1.17 bits per heavy atom. The van der Waals surface area contributed by atoms with E-state index >= 15 is 0 Å². The number of amidine groups is 1. The highest BCUT2D eigenvalue weighted by Crippen LogP contribution is 2.31. The van der Waals surface area contributed by atoms with Gasteiger partial charge in [0.2, 0.25) is 0 Å². The number of aliphatic imine (C=N–C) groups is 1. The van der Waals surface area contributed by atoms with Crippen molar-refractivity contribution in [2.24, 2.45) is 4.99 Å². The molecule has 2 heterocycles. The van der Waals surface area contributed by atoms with Crippen LogP contribution in [0.2, 0.25) is 0 Å². The third kappa shape index (κ3) is 5.43. The van der Waals surface area contributed by atoms with Gasteiger partial charge >= 0.3 is 12.0 Å². The molecule has 35 heavy (non-hydrogen) atoms. The fraction of sp³-hybridized carbons (Fsp3) is 0.200. The molecule has 8 nitrogen and oxygen atoms in total. The number of carbonyl (C=O) groups is 3. The number of thioether (sulfide) groups is 1. The summed E-state index contributed by atoms with van der Waals surface area (Å²) in [5.41, 5.74) is 2.14. The van der Waals surface area contributed by atoms with Crippen LogP contribution in [0.25, 0.3) is 6.08 Å². The predicted octanol–water partition coefficient (Wildman–Crippen LogP) is 3.82. The zero-order valence-corrected chi connectivity index (χ0v) is 19.9. The quantitative estimate of drug-likeness (QED) is 0.470. The van der Waals surface area contributed by atoms with E-state index in [2.05, 4.69) is 15.6 Å². The van der Waals surface area contributed by atoms with Crippen LogP contribution in [0.3, 0.4) is 0 Å². The third-order valence-electron chi connectivity index (χ3n) is 5.23. The Kier molecular flexibility index (Phi) is 7.31. The lowest BCUT2D eigenvalue weighted by molar-refractivity contribution is -0.139. The molecule has 0 aliphatic carbocycles. The molecule has 2 aliphatic heterocycles. The highest BCUT2D eigenvalue weighted by molar-refractivity contribution is 8.14. The van der Waals surface area contributed by atoms with Gasteiger partial charge in [-0.25, -0.2) is 19.0 Å². The fourth-order valence-corrected chi connectivity index (χ4v) is 4.63. The van der Waals surface area contributed by atoms with Crippen LogP contribution >= 0.6 is 11.8 Å². The van der Waals surface area contributed by atoms with Gasteiger partial charge in [-0.2, -0.15) is 0 Å². The maximum atomic E-state index is 13.5. The Morgan fingerprint density at radius 2 is 1.89 bits per heavy atom. The summed E-state index contributed by atoms with van der Waals surface area (Å²) in [5, 5.41) is 5.65. The maximum absolute atomic E-state index is 13.5. The third-order valence-corrected chi connectivity index (χ3v) is 6.19. The Bertz CT molecular complexity index is 1240. The summed E-state index contributed by atoms with van der Waals surface area (Å²) in [6.45, 7) is 3.58. The number of anilines is 1. The first kappa shape index (κ1) is 24.2. The molecule has 2 aliphatic rings. The number of urea groups is 1. The largest absolute Gasteiger partial charge is 0.463 e. The van der Waals surface area contributed by atoms with Crippen molar-refractivity contribution >= 4 is 46.6 Å². The van der Waals surface area contributed by atoms with Gasteiger partial charge in [0, 0.05) is 11.4 Å². The number of esters is 1. The SMILES string of the molecule is CCOC(=O)C1=C(CSC2=N/C(=C\c3ccccc3)C(=O)N2c2ccc(F)cc2)NC(=O)N[C@@H]1C. The van der Waals surface area contributed by atoms with Crippen LogP contribution in [0, 0.1) is 5.82 Å². The zero-order valence-electron chi connectivity index (χ0n) is 19.1. The number of halogens is 1. The fourth-order valence-electron chi connectivity index (χ4n) is 3.65. The lowest BCUT2D eigenvalue weighted by atomic mass is 10.1. The molecule has 0 spiro atoms. The topological polar surface area (TPSA) is 100 Å². The van der Waals surface area contributed by atoms with Gasteiger partial charge in [-0.3, -0.25) is 9.69 Å². The number of rotatable bonds is 6. The molecule has 0 saturated carbocycles. The van der Waals surface area contributed by atoms with Gasteiger partial charge in [0.05, 0.1) is 23.9 Å². The second kappa shape index (κ2) is 10.6. The lowest BCUT2D eigenvalue weighted by Crippen LogP contribution is -2.49. The van der Waals surface area contributed by atoms with E-state index < -0.39 is 23.9 Å². The van der Waals surface area contributed by atoms with E-state index in [1.54, 1.807) is 19.9 Å². The van der Waals surface area contributed by atoms with E-state index in [-0.39, 0.29) is 24.0 Å². The first-order valence-corrected chi connectivity index (χ1v) is 11.9. The molecule has 3 amide bonds. The van der Waals surface area contributed by atoms with Gasteiger partial charge < -0.3 is 15.4 Å². The van der Waals surface area contributed by atoms with Crippen LogP contribution in [0.4, 0.5) is 14.9 Å². The lowest BCUT2D eigenvalue weighted by Gasteiger charge is -2.27. The minimum atomic E-state index is -0.549. The van der Waals surface area contributed by atoms with E-state index in [1.165, 1.54) is 40.9 Å². The molecule has 10 heteroatoms. The average Bonchev–Trinajstić information content (AvgIpc) is 3.13. The van der Waals surface area contributed by atoms with Crippen LogP contribution in [-0.2, 0) is 14.3 Å². The Morgan fingerprint density at radius 3 is 2.57 bits per heavy atom. The maximum Gasteiger partial charge on any atom is 0.337 e. The number of hydrogen-bond acceptors (Lipinski definition) is 6. The molecule has 2 N–H and O–H groups in total. The van der Waals surface area contributed by atoms with Crippen molar-refractivity contribution in [3.05, 3.63) is 82.9 Å². The monoisotopic (exact) mass is 494 g/mol. The second-order valence-electron chi connectivity index (χ2n) is 7.67. The van der Waals surface area contributed by atoms with Crippen molar-refractivity contribution in [2.45, 2.75) is 19.9 Å². The number of hydrogen-bond donors (Lipinski definition) is 2. The van der Waals surface area contributed by atoms with Crippen molar-refractivity contribution in [1.82, 2.24) is 10.6 Å². The number of nitrogens with zero attached hydrogens (tertiary/aromatic N) is 2. The van der Waals surface area contributed by atoms with Gasteiger partial charge in [0.15, 0.2) is 5.17 Å². The van der Waals surface area contributed by atoms with Gasteiger partial charge in [0.25, 0.3) is 5.91 Å². The van der Waals surface area contributed by atoms with Gasteiger partial charge in [-0.05, 0) is 49.8 Å². The molecular weight excluding hydrogens is 471 g/mol. The Hall–Kier alpha value is -3.92. The number of amides is 3. The number of benzene rings is 2. The van der Waals surface area contributed by atoms with Gasteiger partial charge in [0.1, 0.15) is 11.5 Å². The molecule has 2 aromatic carbocycles. The molecule has 0 fully saturated rings. The van der Waals surface area contributed by atoms with E-state index in [9.17, 15) is 18.8 Å². The van der Waals surface area contributed by atoms with Crippen molar-refractivity contribution in [3.8, 4) is 0 Å². The van der Waals surface area contributed by atoms with Gasteiger partial charge in [-0.1, -0.05) is 42.1 Å². The standard InChI is InChI=1S/C25H23FN4O4S/c1-3-34-23(32)21-15(2)27-24(33)28-20(21)14-35-25-29-19(13-16-7-5-4-6-8-16)22(31)30(25)18-11-9-17(26)10-12-18/h4-13,15H,3,14H2,1-2H3,(H2,27,28,33)/b19-13-/t15-/m1/s1. The zero-order chi connectivity index (χ0) is 24.9. The van der Waals surface area contributed by atoms with Crippen molar-refractivity contribution in [3.63, 3.8) is 0 Å². The molecule has 0 aromatic heterocycles. The summed E-state index contributed by atoms with van der Waals surface area (Å²) in [6.07, 6.45) is 1.67. The number of carbonyl (C=O) groups excluding carboxylic acids is 3. The molecule has 0 radical (unpaired) electrons. The minimum absolute atomic E-state index is 0.147. The highest BCUT2D eigenvalue weighted by atomic mass is 32.2. The molecule has 180 valence electrons. The van der Waals surface area contributed by atoms with Crippen molar-refractivity contribution < 1.29 is 23.5 Å². The summed E-state index contributed by atoms with van der Waals surface area (Å²) in [6, 6.07) is 13.8. The molecule has 2 aromatic rings. The molecule has 4 rings (SSSR count). The summed E-state index contributed by atoms with van der Waals surface area (Å²) >= 11 is 1.17. The van der Waals surface area contributed by atoms with E-state index in [1.807, 2.05) is 30.3 Å². The molecule has 0 saturated heterocycles. The Labute approximate surface area is 205 Å². The minimum Gasteiger partial charge on any atom is -0.463 e. The summed E-state index contributed by atoms with van der Waals surface area (Å²) < 4.78 is 18.7. The smallest absolute Gasteiger partial charge is 0.337 e. The first-order chi connectivity index (χ1) is 16.9. The first-order valence-electron chi connectivity index (χ1n) is 10.9. The van der Waals surface area contributed by atoms with Gasteiger partial charge in [-0.15, -0.1) is 0 Å². The number of ether oxygens (including phenoxy) is 1. The van der Waals surface area contributed by atoms with Crippen LogP contribution in [0.15, 0.2) is 76.6 Å². The van der Waals surface area contributed by atoms with Crippen LogP contribution in [0.5, 0.6) is 0 Å². The van der Waals surface area contributed by atoms with Crippen LogP contribution in [-0.4, -0.2) is 41.5 Å². The van der Waals surface area contributed by atoms with Crippen molar-refractivity contribution in [2.75, 3.05) is 17.3 Å². The molecular formula is C25H23FN4O4S. The number of nitrogens with one attached hydrogen (secondary N) is 2. The Balaban J connectivity index is 1.68.